The van der Waals surface area contributed by atoms with Crippen molar-refractivity contribution in [2.75, 3.05) is 16.8 Å². The average molecular weight is 453 g/mol. The van der Waals surface area contributed by atoms with E-state index in [4.69, 9.17) is 21.5 Å². The molecule has 170 valence electrons. The van der Waals surface area contributed by atoms with Crippen LogP contribution in [0.3, 0.4) is 0 Å². The molecule has 9 nitrogen and oxygen atoms in total. The highest BCUT2D eigenvalue weighted by Crippen LogP contribution is 2.41. The normalized spacial score (nSPS) is 14.6. The van der Waals surface area contributed by atoms with Crippen LogP contribution in [-0.4, -0.2) is 10.9 Å². The van der Waals surface area contributed by atoms with Gasteiger partial charge in [0.25, 0.3) is 0 Å². The van der Waals surface area contributed by atoms with Gasteiger partial charge < -0.3 is 21.5 Å². The van der Waals surface area contributed by atoms with E-state index < -0.39 is 6.04 Å². The number of hydrogen-bond acceptors (Lipinski definition) is 9. The van der Waals surface area contributed by atoms with Crippen molar-refractivity contribution in [3.63, 3.8) is 0 Å². The topological polar surface area (TPSA) is 158 Å². The molecule has 9 heteroatoms. The van der Waals surface area contributed by atoms with Crippen molar-refractivity contribution in [1.82, 2.24) is 10.3 Å². The maximum atomic E-state index is 9.45. The molecule has 1 aromatic heterocycles. The van der Waals surface area contributed by atoms with Gasteiger partial charge in [0, 0.05) is 5.56 Å². The monoisotopic (exact) mass is 452 g/mol. The maximum Gasteiger partial charge on any atom is 0.211 e. The van der Waals surface area contributed by atoms with Crippen molar-refractivity contribution in [3.05, 3.63) is 70.8 Å². The van der Waals surface area contributed by atoms with E-state index in [1.54, 1.807) is 0 Å². The van der Waals surface area contributed by atoms with Crippen molar-refractivity contribution in [3.8, 4) is 23.8 Å². The number of pyridine rings is 1. The lowest BCUT2D eigenvalue weighted by Crippen LogP contribution is -2.32. The lowest BCUT2D eigenvalue weighted by Gasteiger charge is -2.26. The molecular formula is C25H24N8O. The third-order valence-corrected chi connectivity index (χ3v) is 5.51. The average Bonchev–Trinajstić information content (AvgIpc) is 2.79. The van der Waals surface area contributed by atoms with Gasteiger partial charge >= 0.3 is 0 Å². The van der Waals surface area contributed by atoms with E-state index in [0.717, 1.165) is 11.3 Å². The van der Waals surface area contributed by atoms with Crippen LogP contribution >= 0.6 is 0 Å². The van der Waals surface area contributed by atoms with E-state index in [9.17, 15) is 5.26 Å². The summed E-state index contributed by atoms with van der Waals surface area (Å²) in [6, 6.07) is 16.8. The Labute approximate surface area is 197 Å². The van der Waals surface area contributed by atoms with Crippen LogP contribution < -0.4 is 26.8 Å². The minimum atomic E-state index is -0.604. The summed E-state index contributed by atoms with van der Waals surface area (Å²) in [5.74, 6) is 1.93. The van der Waals surface area contributed by atoms with Crippen LogP contribution in [-0.2, 0) is 5.41 Å². The van der Waals surface area contributed by atoms with E-state index in [1.165, 1.54) is 5.56 Å². The van der Waals surface area contributed by atoms with Crippen LogP contribution in [0, 0.1) is 22.8 Å². The lowest BCUT2D eigenvalue weighted by atomic mass is 9.87. The van der Waals surface area contributed by atoms with Crippen molar-refractivity contribution < 1.29 is 4.74 Å². The fourth-order valence-electron chi connectivity index (χ4n) is 3.70. The third-order valence-electron chi connectivity index (χ3n) is 5.51. The first kappa shape index (κ1) is 22.4. The number of nitrogens with zero attached hydrogens (tertiary/aromatic N) is 4. The first-order chi connectivity index (χ1) is 16.2. The summed E-state index contributed by atoms with van der Waals surface area (Å²) in [4.78, 5) is 8.82. The number of nitrogens with two attached hydrogens (primary N) is 2. The molecule has 34 heavy (non-hydrogen) atoms. The molecule has 0 saturated heterocycles. The Balaban J connectivity index is 1.66. The van der Waals surface area contributed by atoms with Crippen LogP contribution in [0.1, 0.15) is 49.1 Å². The number of ether oxygens (including phenoxy) is 1. The summed E-state index contributed by atoms with van der Waals surface area (Å²) >= 11 is 0. The fraction of sp³-hybridized carbons (Fsp3) is 0.200. The summed E-state index contributed by atoms with van der Waals surface area (Å²) in [5.41, 5.74) is 15.0. The number of hydrogen-bond donors (Lipinski definition) is 4. The molecule has 0 bridgehead atoms. The fourth-order valence-corrected chi connectivity index (χ4v) is 3.70. The van der Waals surface area contributed by atoms with Gasteiger partial charge in [-0.2, -0.15) is 10.5 Å². The molecule has 1 unspecified atom stereocenters. The van der Waals surface area contributed by atoms with Crippen LogP contribution in [0.2, 0.25) is 0 Å². The Morgan fingerprint density at radius 3 is 2.18 bits per heavy atom. The Morgan fingerprint density at radius 1 is 1.00 bits per heavy atom. The largest absolute Gasteiger partial charge is 0.457 e. The van der Waals surface area contributed by atoms with Gasteiger partial charge in [0.05, 0.1) is 5.69 Å². The molecule has 1 atom stereocenters. The first-order valence-electron chi connectivity index (χ1n) is 10.6. The van der Waals surface area contributed by atoms with Gasteiger partial charge in [-0.25, -0.2) is 9.98 Å². The highest BCUT2D eigenvalue weighted by Gasteiger charge is 2.29. The van der Waals surface area contributed by atoms with Crippen LogP contribution in [0.4, 0.5) is 17.3 Å². The van der Waals surface area contributed by atoms with Gasteiger partial charge in [-0.1, -0.05) is 45.0 Å². The number of rotatable bonds is 3. The Hall–Kier alpha value is -4.76. The van der Waals surface area contributed by atoms with Crippen LogP contribution in [0.15, 0.2) is 53.5 Å². The Kier molecular flexibility index (Phi) is 5.70. The molecule has 2 aromatic carbocycles. The number of nitrogens with one attached hydrogen (secondary N) is 2. The predicted molar refractivity (Wildman–Crippen MR) is 131 cm³/mol. The molecule has 1 aliphatic rings. The van der Waals surface area contributed by atoms with Crippen molar-refractivity contribution >= 4 is 23.3 Å². The molecular weight excluding hydrogens is 428 g/mol. The lowest BCUT2D eigenvalue weighted by molar-refractivity contribution is 0.481. The van der Waals surface area contributed by atoms with E-state index in [2.05, 4.69) is 53.5 Å². The molecule has 0 saturated carbocycles. The highest BCUT2D eigenvalue weighted by atomic mass is 16.5. The second-order valence-electron chi connectivity index (χ2n) is 8.85. The minimum Gasteiger partial charge on any atom is -0.457 e. The van der Waals surface area contributed by atoms with Crippen molar-refractivity contribution in [2.24, 2.45) is 4.99 Å². The molecule has 0 fully saturated rings. The zero-order valence-electron chi connectivity index (χ0n) is 19.0. The number of anilines is 3. The zero-order chi connectivity index (χ0) is 24.5. The van der Waals surface area contributed by atoms with E-state index in [-0.39, 0.29) is 28.4 Å². The molecule has 0 spiro atoms. The molecule has 0 aliphatic carbocycles. The second kappa shape index (κ2) is 8.64. The number of nitriles is 2. The molecule has 6 N–H and O–H groups in total. The highest BCUT2D eigenvalue weighted by molar-refractivity contribution is 5.98. The first-order valence-corrected chi connectivity index (χ1v) is 10.6. The summed E-state index contributed by atoms with van der Waals surface area (Å²) in [6.45, 7) is 6.49. The maximum absolute atomic E-state index is 9.45. The number of benzene rings is 2. The summed E-state index contributed by atoms with van der Waals surface area (Å²) in [7, 11) is 0. The van der Waals surface area contributed by atoms with Gasteiger partial charge in [0.15, 0.2) is 6.19 Å². The third kappa shape index (κ3) is 4.27. The minimum absolute atomic E-state index is 0.00411. The number of aliphatic imine (C=N–C) groups is 1. The SMILES string of the molecule is CC(C)(C)c1ccc(Oc2ccc(C3N=C(NC#N)Nc4nc(N)c(C#N)c(N)c43)cc2)cc1. The summed E-state index contributed by atoms with van der Waals surface area (Å²) < 4.78 is 5.99. The Bertz CT molecular complexity index is 1340. The van der Waals surface area contributed by atoms with E-state index in [1.807, 2.05) is 48.7 Å². The van der Waals surface area contributed by atoms with Gasteiger partial charge in [0.2, 0.25) is 5.96 Å². The van der Waals surface area contributed by atoms with E-state index >= 15 is 0 Å². The van der Waals surface area contributed by atoms with Gasteiger partial charge in [-0.3, -0.25) is 5.32 Å². The number of aromatic nitrogens is 1. The quantitative estimate of drug-likeness (QED) is 0.341. The van der Waals surface area contributed by atoms with Gasteiger partial charge in [-0.05, 0) is 40.8 Å². The predicted octanol–water partition coefficient (Wildman–Crippen LogP) is 4.15. The van der Waals surface area contributed by atoms with Crippen LogP contribution in [0.5, 0.6) is 11.5 Å². The molecule has 0 amide bonds. The van der Waals surface area contributed by atoms with Gasteiger partial charge in [0.1, 0.15) is 40.8 Å². The Morgan fingerprint density at radius 2 is 1.62 bits per heavy atom. The number of guanidine groups is 1. The van der Waals surface area contributed by atoms with Crippen molar-refractivity contribution in [2.45, 2.75) is 32.2 Å². The molecule has 1 aliphatic heterocycles. The standard InChI is InChI=1S/C25H24N8O/c1-25(2,3)15-6-10-17(11-7-15)34-16-8-4-14(5-9-16)21-19-20(28)18(12-26)22(29)32-23(19)33-24(31-21)30-13-27/h4-11,21H,1-3H3,(H6,28,29,30,31,32,33). The van der Waals surface area contributed by atoms with Crippen molar-refractivity contribution in [1.29, 1.82) is 10.5 Å². The second-order valence-corrected chi connectivity index (χ2v) is 8.85. The molecule has 4 rings (SSSR count). The zero-order valence-corrected chi connectivity index (χ0v) is 19.0. The number of nitrogen functional groups attached to an aromatic ring is 2. The summed E-state index contributed by atoms with van der Waals surface area (Å²) in [6.07, 6.45) is 1.84. The van der Waals surface area contributed by atoms with Gasteiger partial charge in [-0.15, -0.1) is 0 Å². The van der Waals surface area contributed by atoms with E-state index in [0.29, 0.717) is 17.1 Å². The number of fused-ring (bicyclic) bond motifs is 1. The van der Waals surface area contributed by atoms with Crippen LogP contribution in [0.25, 0.3) is 0 Å². The molecule has 0 radical (unpaired) electrons. The smallest absolute Gasteiger partial charge is 0.211 e. The summed E-state index contributed by atoms with van der Waals surface area (Å²) in [5, 5.41) is 23.9. The molecule has 2 heterocycles. The molecule has 3 aromatic rings.